The molecule has 0 fully saturated rings. The predicted molar refractivity (Wildman–Crippen MR) is 55.1 cm³/mol. The summed E-state index contributed by atoms with van der Waals surface area (Å²) in [7, 11) is 0. The number of nitrogens with zero attached hydrogens (tertiary/aromatic N) is 3. The molecular weight excluding hydrogens is 178 g/mol. The smallest absolute Gasteiger partial charge is 0.320 e. The summed E-state index contributed by atoms with van der Waals surface area (Å²) < 4.78 is 1.46. The second-order valence-electron chi connectivity index (χ2n) is 3.22. The zero-order valence-electron chi connectivity index (χ0n) is 8.60. The zero-order chi connectivity index (χ0) is 10.6. The minimum absolute atomic E-state index is 0.0620. The molecule has 0 spiro atoms. The van der Waals surface area contributed by atoms with Gasteiger partial charge in [0, 0.05) is 25.5 Å². The summed E-state index contributed by atoms with van der Waals surface area (Å²) >= 11 is 0. The first-order chi connectivity index (χ1) is 6.65. The van der Waals surface area contributed by atoms with Crippen LogP contribution in [-0.2, 0) is 0 Å². The van der Waals surface area contributed by atoms with Crippen LogP contribution < -0.4 is 0 Å². The number of hydrogen-bond acceptors (Lipinski definition) is 2. The minimum Gasteiger partial charge on any atom is -0.320 e. The van der Waals surface area contributed by atoms with E-state index < -0.39 is 0 Å². The van der Waals surface area contributed by atoms with E-state index in [1.165, 1.54) is 10.9 Å². The molecule has 0 radical (unpaired) electrons. The summed E-state index contributed by atoms with van der Waals surface area (Å²) in [6.45, 7) is 8.90. The molecule has 1 aromatic rings. The fraction of sp³-hybridized carbons (Fsp3) is 0.400. The number of carbonyl (C=O) groups excluding carboxylic acids is 1. The van der Waals surface area contributed by atoms with Crippen LogP contribution in [0.2, 0.25) is 0 Å². The predicted octanol–water partition coefficient (Wildman–Crippen LogP) is 1.75. The van der Waals surface area contributed by atoms with Crippen LogP contribution >= 0.6 is 0 Å². The highest BCUT2D eigenvalue weighted by Crippen LogP contribution is 2.00. The van der Waals surface area contributed by atoms with Crippen molar-refractivity contribution < 1.29 is 4.79 Å². The van der Waals surface area contributed by atoms with Gasteiger partial charge in [0.15, 0.2) is 0 Å². The monoisotopic (exact) mass is 193 g/mol. The van der Waals surface area contributed by atoms with Gasteiger partial charge in [0.1, 0.15) is 6.33 Å². The zero-order valence-corrected chi connectivity index (χ0v) is 8.60. The van der Waals surface area contributed by atoms with E-state index >= 15 is 0 Å². The van der Waals surface area contributed by atoms with Gasteiger partial charge in [0.25, 0.3) is 0 Å². The Kier molecular flexibility index (Phi) is 3.45. The number of imidazole rings is 1. The van der Waals surface area contributed by atoms with Crippen molar-refractivity contribution in [3.8, 4) is 0 Å². The summed E-state index contributed by atoms with van der Waals surface area (Å²) in [4.78, 5) is 17.3. The van der Waals surface area contributed by atoms with Crippen molar-refractivity contribution in [3.63, 3.8) is 0 Å². The van der Waals surface area contributed by atoms with Gasteiger partial charge >= 0.3 is 6.03 Å². The lowest BCUT2D eigenvalue weighted by molar-refractivity contribution is 0.206. The van der Waals surface area contributed by atoms with E-state index in [1.807, 2.05) is 13.8 Å². The molecule has 0 aliphatic heterocycles. The fourth-order valence-corrected chi connectivity index (χ4v) is 1.18. The number of rotatable bonds is 3. The van der Waals surface area contributed by atoms with Gasteiger partial charge in [-0.2, -0.15) is 0 Å². The molecule has 4 heteroatoms. The van der Waals surface area contributed by atoms with Crippen molar-refractivity contribution in [1.82, 2.24) is 14.5 Å². The fourth-order valence-electron chi connectivity index (χ4n) is 1.18. The van der Waals surface area contributed by atoms with E-state index in [2.05, 4.69) is 11.6 Å². The molecule has 0 N–H and O–H groups in total. The number of amides is 1. The quantitative estimate of drug-likeness (QED) is 0.686. The molecule has 0 saturated carbocycles. The number of carbonyl (C=O) groups is 1. The van der Waals surface area contributed by atoms with Gasteiger partial charge in [-0.05, 0) is 13.8 Å². The largest absolute Gasteiger partial charge is 0.329 e. The highest BCUT2D eigenvalue weighted by molar-refractivity contribution is 5.76. The van der Waals surface area contributed by atoms with Crippen LogP contribution in [-0.4, -0.2) is 33.6 Å². The second kappa shape index (κ2) is 4.60. The van der Waals surface area contributed by atoms with Crippen LogP contribution in [0.15, 0.2) is 30.9 Å². The second-order valence-corrected chi connectivity index (χ2v) is 3.22. The summed E-state index contributed by atoms with van der Waals surface area (Å²) in [5.41, 5.74) is 0.973. The van der Waals surface area contributed by atoms with Gasteiger partial charge in [0.05, 0.1) is 0 Å². The van der Waals surface area contributed by atoms with Gasteiger partial charge in [-0.15, -0.1) is 0 Å². The van der Waals surface area contributed by atoms with Crippen LogP contribution in [0.25, 0.3) is 0 Å². The van der Waals surface area contributed by atoms with E-state index in [0.717, 1.165) is 5.57 Å². The Morgan fingerprint density at radius 3 is 2.79 bits per heavy atom. The average molecular weight is 193 g/mol. The van der Waals surface area contributed by atoms with Crippen molar-refractivity contribution in [2.24, 2.45) is 0 Å². The third kappa shape index (κ3) is 2.45. The highest BCUT2D eigenvalue weighted by Gasteiger charge is 2.12. The SMILES string of the molecule is C=C(C)CN(CC)C(=O)n1ccnc1. The molecule has 0 atom stereocenters. The summed E-state index contributed by atoms with van der Waals surface area (Å²) in [5, 5.41) is 0. The molecule has 0 aromatic carbocycles. The van der Waals surface area contributed by atoms with Crippen molar-refractivity contribution >= 4 is 6.03 Å². The van der Waals surface area contributed by atoms with E-state index in [9.17, 15) is 4.79 Å². The van der Waals surface area contributed by atoms with Crippen LogP contribution in [0, 0.1) is 0 Å². The molecule has 4 nitrogen and oxygen atoms in total. The van der Waals surface area contributed by atoms with Crippen LogP contribution in [0.3, 0.4) is 0 Å². The first-order valence-corrected chi connectivity index (χ1v) is 4.56. The Hall–Kier alpha value is -1.58. The molecule has 1 aromatic heterocycles. The van der Waals surface area contributed by atoms with Crippen molar-refractivity contribution in [2.45, 2.75) is 13.8 Å². The first kappa shape index (κ1) is 10.5. The minimum atomic E-state index is -0.0620. The Morgan fingerprint density at radius 1 is 1.64 bits per heavy atom. The Morgan fingerprint density at radius 2 is 2.36 bits per heavy atom. The van der Waals surface area contributed by atoms with Gasteiger partial charge < -0.3 is 4.90 Å². The lowest BCUT2D eigenvalue weighted by Gasteiger charge is -2.20. The first-order valence-electron chi connectivity index (χ1n) is 4.56. The molecule has 0 saturated heterocycles. The third-order valence-electron chi connectivity index (χ3n) is 1.84. The molecule has 0 aliphatic carbocycles. The molecule has 0 aliphatic rings. The van der Waals surface area contributed by atoms with E-state index in [-0.39, 0.29) is 6.03 Å². The number of likely N-dealkylation sites (N-methyl/N-ethyl adjacent to an activating group) is 1. The van der Waals surface area contributed by atoms with E-state index in [1.54, 1.807) is 17.3 Å². The van der Waals surface area contributed by atoms with Crippen molar-refractivity contribution in [2.75, 3.05) is 13.1 Å². The molecular formula is C10H15N3O. The highest BCUT2D eigenvalue weighted by atomic mass is 16.2. The van der Waals surface area contributed by atoms with Crippen molar-refractivity contribution in [1.29, 1.82) is 0 Å². The summed E-state index contributed by atoms with van der Waals surface area (Å²) in [5.74, 6) is 0. The molecule has 1 rings (SSSR count). The Balaban J connectivity index is 2.70. The third-order valence-corrected chi connectivity index (χ3v) is 1.84. The maximum atomic E-state index is 11.8. The van der Waals surface area contributed by atoms with Gasteiger partial charge in [-0.1, -0.05) is 12.2 Å². The maximum Gasteiger partial charge on any atom is 0.329 e. The maximum absolute atomic E-state index is 11.8. The van der Waals surface area contributed by atoms with E-state index in [0.29, 0.717) is 13.1 Å². The van der Waals surface area contributed by atoms with Crippen LogP contribution in [0.5, 0.6) is 0 Å². The molecule has 0 bridgehead atoms. The van der Waals surface area contributed by atoms with Crippen LogP contribution in [0.4, 0.5) is 4.79 Å². The molecule has 76 valence electrons. The Bertz CT molecular complexity index is 316. The van der Waals surface area contributed by atoms with E-state index in [4.69, 9.17) is 0 Å². The number of hydrogen-bond donors (Lipinski definition) is 0. The summed E-state index contributed by atoms with van der Waals surface area (Å²) in [6.07, 6.45) is 4.74. The number of aromatic nitrogens is 2. The van der Waals surface area contributed by atoms with Crippen LogP contribution in [0.1, 0.15) is 13.8 Å². The van der Waals surface area contributed by atoms with Gasteiger partial charge in [-0.25, -0.2) is 9.78 Å². The standard InChI is InChI=1S/C10H15N3O/c1-4-12(7-9(2)3)10(14)13-6-5-11-8-13/h5-6,8H,2,4,7H2,1,3H3. The lowest BCUT2D eigenvalue weighted by atomic mass is 10.3. The molecule has 14 heavy (non-hydrogen) atoms. The average Bonchev–Trinajstić information content (AvgIpc) is 2.65. The van der Waals surface area contributed by atoms with Gasteiger partial charge in [0.2, 0.25) is 0 Å². The summed E-state index contributed by atoms with van der Waals surface area (Å²) in [6, 6.07) is -0.0620. The molecule has 1 heterocycles. The lowest BCUT2D eigenvalue weighted by Crippen LogP contribution is -2.35. The van der Waals surface area contributed by atoms with Crippen molar-refractivity contribution in [3.05, 3.63) is 30.9 Å². The topological polar surface area (TPSA) is 38.1 Å². The van der Waals surface area contributed by atoms with Gasteiger partial charge in [-0.3, -0.25) is 4.57 Å². The normalized spacial score (nSPS) is 9.86. The molecule has 1 amide bonds. The molecule has 0 unspecified atom stereocenters. The Labute approximate surface area is 83.9 Å².